The van der Waals surface area contributed by atoms with E-state index in [4.69, 9.17) is 16.2 Å². The van der Waals surface area contributed by atoms with Crippen molar-refractivity contribution in [2.24, 2.45) is 0 Å². The van der Waals surface area contributed by atoms with Crippen LogP contribution in [0.3, 0.4) is 0 Å². The molecular formula is C7H6ClIO3S. The van der Waals surface area contributed by atoms with E-state index in [0.29, 0.717) is 8.59 Å². The topological polar surface area (TPSA) is 46.5 Å². The van der Waals surface area contributed by atoms with Gasteiger partial charge in [-0.2, -0.15) is 4.21 Å². The van der Waals surface area contributed by atoms with Crippen molar-refractivity contribution >= 4 is 45.6 Å². The molecule has 1 aromatic carbocycles. The summed E-state index contributed by atoms with van der Waals surface area (Å²) in [5, 5.41) is 0.340. The highest BCUT2D eigenvalue weighted by Gasteiger charge is 2.10. The third-order valence-electron chi connectivity index (χ3n) is 1.30. The summed E-state index contributed by atoms with van der Waals surface area (Å²) >= 11 is 5.46. The number of aryl methyl sites for hydroxylation is 1. The molecule has 0 aliphatic rings. The summed E-state index contributed by atoms with van der Waals surface area (Å²) in [5.41, 5.74) is 0.977. The van der Waals surface area contributed by atoms with E-state index in [0.717, 1.165) is 5.56 Å². The molecule has 1 N–H and O–H groups in total. The highest BCUT2D eigenvalue weighted by Crippen LogP contribution is 2.31. The van der Waals surface area contributed by atoms with Gasteiger partial charge in [0.05, 0.1) is 8.59 Å². The van der Waals surface area contributed by atoms with E-state index in [1.807, 2.05) is 35.6 Å². The van der Waals surface area contributed by atoms with Crippen LogP contribution < -0.4 is 4.18 Å². The van der Waals surface area contributed by atoms with Gasteiger partial charge in [-0.25, -0.2) is 0 Å². The zero-order chi connectivity index (χ0) is 10.0. The Hall–Kier alpha value is 0.150. The first-order chi connectivity index (χ1) is 6.00. The Morgan fingerprint density at radius 2 is 2.23 bits per heavy atom. The van der Waals surface area contributed by atoms with Gasteiger partial charge in [0.15, 0.2) is 5.75 Å². The van der Waals surface area contributed by atoms with Gasteiger partial charge < -0.3 is 4.18 Å². The molecule has 1 rings (SSSR count). The third-order valence-corrected chi connectivity index (χ3v) is 2.69. The molecule has 6 heteroatoms. The van der Waals surface area contributed by atoms with Crippen LogP contribution in [0.15, 0.2) is 12.1 Å². The summed E-state index contributed by atoms with van der Waals surface area (Å²) in [6.07, 6.45) is 0. The second-order valence-electron chi connectivity index (χ2n) is 2.36. The second-order valence-corrected chi connectivity index (χ2v) is 4.53. The number of benzene rings is 1. The van der Waals surface area contributed by atoms with Gasteiger partial charge in [-0.05, 0) is 47.2 Å². The van der Waals surface area contributed by atoms with Crippen LogP contribution in [-0.2, 0) is 11.4 Å². The van der Waals surface area contributed by atoms with Gasteiger partial charge in [-0.1, -0.05) is 11.6 Å². The Bertz CT molecular complexity index is 333. The summed E-state index contributed by atoms with van der Waals surface area (Å²) in [6.45, 7) is 1.88. The van der Waals surface area contributed by atoms with E-state index in [2.05, 4.69) is 4.18 Å². The van der Waals surface area contributed by atoms with E-state index in [9.17, 15) is 4.21 Å². The summed E-state index contributed by atoms with van der Waals surface area (Å²) in [4.78, 5) is 0. The van der Waals surface area contributed by atoms with Crippen LogP contribution in [0.25, 0.3) is 0 Å². The van der Waals surface area contributed by atoms with Crippen LogP contribution in [-0.4, -0.2) is 8.76 Å². The van der Waals surface area contributed by atoms with Crippen molar-refractivity contribution in [1.29, 1.82) is 0 Å². The Kier molecular flexibility index (Phi) is 3.96. The number of halogens is 2. The average molecular weight is 333 g/mol. The van der Waals surface area contributed by atoms with Gasteiger partial charge in [-0.3, -0.25) is 4.55 Å². The number of rotatable bonds is 2. The van der Waals surface area contributed by atoms with Crippen molar-refractivity contribution in [2.45, 2.75) is 6.92 Å². The molecule has 1 unspecified atom stereocenters. The van der Waals surface area contributed by atoms with Gasteiger partial charge in [0.25, 0.3) is 0 Å². The predicted octanol–water partition coefficient (Wildman–Crippen LogP) is 2.77. The lowest BCUT2D eigenvalue weighted by atomic mass is 10.2. The van der Waals surface area contributed by atoms with Crippen LogP contribution in [0.1, 0.15) is 5.56 Å². The van der Waals surface area contributed by atoms with E-state index in [1.54, 1.807) is 6.07 Å². The molecule has 0 heterocycles. The zero-order valence-corrected chi connectivity index (χ0v) is 10.3. The van der Waals surface area contributed by atoms with E-state index in [1.165, 1.54) is 0 Å². The highest BCUT2D eigenvalue weighted by atomic mass is 127. The van der Waals surface area contributed by atoms with Crippen molar-refractivity contribution in [2.75, 3.05) is 0 Å². The highest BCUT2D eigenvalue weighted by molar-refractivity contribution is 14.1. The molecule has 1 aromatic rings. The molecule has 0 amide bonds. The zero-order valence-electron chi connectivity index (χ0n) is 6.58. The molecule has 3 nitrogen and oxygen atoms in total. The van der Waals surface area contributed by atoms with E-state index in [-0.39, 0.29) is 5.75 Å². The van der Waals surface area contributed by atoms with Crippen LogP contribution in [0.5, 0.6) is 5.75 Å². The molecule has 0 saturated heterocycles. The maximum atomic E-state index is 10.4. The molecule has 72 valence electrons. The van der Waals surface area contributed by atoms with E-state index >= 15 is 0 Å². The lowest BCUT2D eigenvalue weighted by Crippen LogP contribution is -2.00. The summed E-state index contributed by atoms with van der Waals surface area (Å²) < 4.78 is 24.2. The Balaban J connectivity index is 3.13. The Morgan fingerprint density at radius 1 is 1.62 bits per heavy atom. The third kappa shape index (κ3) is 3.08. The van der Waals surface area contributed by atoms with Crippen molar-refractivity contribution in [1.82, 2.24) is 0 Å². The minimum atomic E-state index is -2.33. The minimum Gasteiger partial charge on any atom is -0.377 e. The lowest BCUT2D eigenvalue weighted by Gasteiger charge is -2.06. The average Bonchev–Trinajstić information content (AvgIpc) is 1.96. The molecule has 0 aromatic heterocycles. The van der Waals surface area contributed by atoms with Crippen molar-refractivity contribution in [3.8, 4) is 5.75 Å². The van der Waals surface area contributed by atoms with Crippen molar-refractivity contribution < 1.29 is 12.9 Å². The summed E-state index contributed by atoms with van der Waals surface area (Å²) in [5.74, 6) is 0.244. The van der Waals surface area contributed by atoms with Gasteiger partial charge in [0.1, 0.15) is 0 Å². The smallest absolute Gasteiger partial charge is 0.357 e. The fraction of sp³-hybridized carbons (Fsp3) is 0.143. The number of hydrogen-bond acceptors (Lipinski definition) is 2. The van der Waals surface area contributed by atoms with E-state index < -0.39 is 11.4 Å². The predicted molar refractivity (Wildman–Crippen MR) is 60.3 cm³/mol. The second kappa shape index (κ2) is 4.59. The molecule has 0 aliphatic heterocycles. The maximum absolute atomic E-state index is 10.4. The standard InChI is InChI=1S/C7H6ClIO3S/c1-4-2-5(8)7(6(9)3-4)12-13(10)11/h2-3H,1H3,(H,10,11). The fourth-order valence-corrected chi connectivity index (χ4v) is 2.72. The first kappa shape index (κ1) is 11.2. The molecule has 0 bridgehead atoms. The number of hydrogen-bond donors (Lipinski definition) is 1. The molecule has 0 saturated carbocycles. The van der Waals surface area contributed by atoms with Gasteiger partial charge in [0, 0.05) is 0 Å². The van der Waals surface area contributed by atoms with Gasteiger partial charge in [0.2, 0.25) is 0 Å². The van der Waals surface area contributed by atoms with Crippen molar-refractivity contribution in [3.63, 3.8) is 0 Å². The fourth-order valence-electron chi connectivity index (χ4n) is 0.838. The quantitative estimate of drug-likeness (QED) is 0.669. The Morgan fingerprint density at radius 3 is 2.69 bits per heavy atom. The largest absolute Gasteiger partial charge is 0.377 e. The van der Waals surface area contributed by atoms with Gasteiger partial charge >= 0.3 is 11.4 Å². The monoisotopic (exact) mass is 332 g/mol. The van der Waals surface area contributed by atoms with Crippen LogP contribution in [0.2, 0.25) is 5.02 Å². The van der Waals surface area contributed by atoms with Crippen LogP contribution in [0, 0.1) is 10.5 Å². The molecule has 1 atom stereocenters. The van der Waals surface area contributed by atoms with Crippen LogP contribution >= 0.6 is 34.2 Å². The molecule has 0 aliphatic carbocycles. The minimum absolute atomic E-state index is 0.244. The first-order valence-corrected chi connectivity index (χ1v) is 5.74. The normalized spacial score (nSPS) is 12.6. The first-order valence-electron chi connectivity index (χ1n) is 3.25. The molecule has 0 radical (unpaired) electrons. The van der Waals surface area contributed by atoms with Crippen molar-refractivity contribution in [3.05, 3.63) is 26.3 Å². The molecule has 13 heavy (non-hydrogen) atoms. The molecule has 0 spiro atoms. The van der Waals surface area contributed by atoms with Crippen LogP contribution in [0.4, 0.5) is 0 Å². The molecule has 0 fully saturated rings. The lowest BCUT2D eigenvalue weighted by molar-refractivity contribution is 0.456. The molecular weight excluding hydrogens is 326 g/mol. The Labute approximate surface area is 97.1 Å². The summed E-state index contributed by atoms with van der Waals surface area (Å²) in [7, 11) is 0. The maximum Gasteiger partial charge on any atom is 0.357 e. The SMILES string of the molecule is Cc1cc(Cl)c(OS(=O)O)c(I)c1. The van der Waals surface area contributed by atoms with Gasteiger partial charge in [-0.15, -0.1) is 0 Å². The summed E-state index contributed by atoms with van der Waals surface area (Å²) in [6, 6.07) is 3.49.